The summed E-state index contributed by atoms with van der Waals surface area (Å²) < 4.78 is 10.8. The topological polar surface area (TPSA) is 99.2 Å². The molecule has 2 aromatic carbocycles. The van der Waals surface area contributed by atoms with Gasteiger partial charge in [0.05, 0.1) is 0 Å². The maximum Gasteiger partial charge on any atom is 0.329 e. The first kappa shape index (κ1) is 19.8. The molecule has 0 aliphatic rings. The number of nitrogens with one attached hydrogen (secondary N) is 1. The summed E-state index contributed by atoms with van der Waals surface area (Å²) in [5, 5.41) is 8.72. The third-order valence-electron chi connectivity index (χ3n) is 5.46. The quantitative estimate of drug-likeness (QED) is 0.462. The Hall–Kier alpha value is -4.14. The summed E-state index contributed by atoms with van der Waals surface area (Å²) in [6.45, 7) is 4.36. The predicted octanol–water partition coefficient (Wildman–Crippen LogP) is 2.90. The van der Waals surface area contributed by atoms with Gasteiger partial charge < -0.3 is 4.74 Å². The van der Waals surface area contributed by atoms with Crippen LogP contribution in [0.1, 0.15) is 25.5 Å². The second-order valence-electron chi connectivity index (χ2n) is 7.91. The largest absolute Gasteiger partial charge is 0.489 e. The SMILES string of the molecule is CC(C)n1c2c(=O)[nH]c(=O)n(C)c2n2c(-c3ccc(COc4ccccc4)cc3)nnc12. The second kappa shape index (κ2) is 7.52. The van der Waals surface area contributed by atoms with Gasteiger partial charge in [0.15, 0.2) is 17.0 Å². The van der Waals surface area contributed by atoms with Crippen LogP contribution in [0.3, 0.4) is 0 Å². The van der Waals surface area contributed by atoms with Crippen molar-refractivity contribution in [1.29, 1.82) is 0 Å². The first-order chi connectivity index (χ1) is 15.5. The maximum atomic E-state index is 12.7. The summed E-state index contributed by atoms with van der Waals surface area (Å²) in [6, 6.07) is 17.4. The smallest absolute Gasteiger partial charge is 0.329 e. The Morgan fingerprint density at radius 3 is 2.41 bits per heavy atom. The number of H-pyrrole nitrogens is 1. The number of aromatic nitrogens is 6. The van der Waals surface area contributed by atoms with E-state index in [4.69, 9.17) is 4.74 Å². The van der Waals surface area contributed by atoms with Crippen LogP contribution in [0.15, 0.2) is 64.2 Å². The molecule has 0 amide bonds. The number of aryl methyl sites for hydroxylation is 1. The molecule has 9 heteroatoms. The monoisotopic (exact) mass is 430 g/mol. The molecule has 0 radical (unpaired) electrons. The highest BCUT2D eigenvalue weighted by Gasteiger charge is 2.24. The molecule has 3 aromatic heterocycles. The van der Waals surface area contributed by atoms with Gasteiger partial charge >= 0.3 is 5.69 Å². The van der Waals surface area contributed by atoms with Crippen LogP contribution in [-0.4, -0.2) is 28.7 Å². The van der Waals surface area contributed by atoms with E-state index in [0.29, 0.717) is 29.4 Å². The van der Waals surface area contributed by atoms with E-state index in [1.165, 1.54) is 4.57 Å². The molecule has 0 fully saturated rings. The van der Waals surface area contributed by atoms with Crippen LogP contribution >= 0.6 is 0 Å². The van der Waals surface area contributed by atoms with Crippen LogP contribution in [0, 0.1) is 0 Å². The number of hydrogen-bond acceptors (Lipinski definition) is 5. The molecule has 9 nitrogen and oxygen atoms in total. The van der Waals surface area contributed by atoms with Crippen molar-refractivity contribution in [3.05, 3.63) is 81.0 Å². The fourth-order valence-corrected chi connectivity index (χ4v) is 3.91. The molecule has 0 spiro atoms. The van der Waals surface area contributed by atoms with E-state index in [0.717, 1.165) is 16.9 Å². The number of rotatable bonds is 5. The van der Waals surface area contributed by atoms with Gasteiger partial charge in [-0.15, -0.1) is 10.2 Å². The van der Waals surface area contributed by atoms with Crippen LogP contribution < -0.4 is 16.0 Å². The number of imidazole rings is 1. The zero-order valence-electron chi connectivity index (χ0n) is 17.9. The number of ether oxygens (including phenoxy) is 1. The molecule has 0 saturated heterocycles. The maximum absolute atomic E-state index is 12.7. The van der Waals surface area contributed by atoms with Gasteiger partial charge in [-0.2, -0.15) is 0 Å². The zero-order chi connectivity index (χ0) is 22.4. The standard InChI is InChI=1S/C23H22N6O3/c1-14(2)28-18-20(30)24-23(31)27(3)21(18)29-19(25-26-22(28)29)16-11-9-15(10-12-16)13-32-17-7-5-4-6-8-17/h4-12,14H,13H2,1-3H3,(H,24,30,31). The van der Waals surface area contributed by atoms with Gasteiger partial charge in [0.1, 0.15) is 12.4 Å². The van der Waals surface area contributed by atoms with Gasteiger partial charge in [-0.1, -0.05) is 42.5 Å². The van der Waals surface area contributed by atoms with E-state index in [-0.39, 0.29) is 6.04 Å². The molecule has 32 heavy (non-hydrogen) atoms. The van der Waals surface area contributed by atoms with E-state index in [1.54, 1.807) is 16.0 Å². The highest BCUT2D eigenvalue weighted by molar-refractivity contribution is 5.79. The minimum Gasteiger partial charge on any atom is -0.489 e. The van der Waals surface area contributed by atoms with Crippen molar-refractivity contribution >= 4 is 16.9 Å². The predicted molar refractivity (Wildman–Crippen MR) is 121 cm³/mol. The van der Waals surface area contributed by atoms with Gasteiger partial charge in [-0.25, -0.2) is 9.20 Å². The van der Waals surface area contributed by atoms with Crippen molar-refractivity contribution in [2.75, 3.05) is 0 Å². The molecular formula is C23H22N6O3. The average Bonchev–Trinajstić information content (AvgIpc) is 3.35. The number of fused-ring (bicyclic) bond motifs is 3. The average molecular weight is 430 g/mol. The zero-order valence-corrected chi connectivity index (χ0v) is 17.9. The molecule has 0 aliphatic heterocycles. The number of hydrogen-bond donors (Lipinski definition) is 1. The lowest BCUT2D eigenvalue weighted by Crippen LogP contribution is -2.29. The van der Waals surface area contributed by atoms with Crippen molar-refractivity contribution < 1.29 is 4.74 Å². The van der Waals surface area contributed by atoms with Crippen molar-refractivity contribution in [1.82, 2.24) is 28.7 Å². The first-order valence-corrected chi connectivity index (χ1v) is 10.3. The molecular weight excluding hydrogens is 408 g/mol. The highest BCUT2D eigenvalue weighted by Crippen LogP contribution is 2.26. The lowest BCUT2D eigenvalue weighted by molar-refractivity contribution is 0.306. The summed E-state index contributed by atoms with van der Waals surface area (Å²) in [4.78, 5) is 27.3. The van der Waals surface area contributed by atoms with Crippen LogP contribution in [0.5, 0.6) is 5.75 Å². The van der Waals surface area contributed by atoms with Gasteiger partial charge in [-0.05, 0) is 31.5 Å². The molecule has 0 bridgehead atoms. The van der Waals surface area contributed by atoms with Crippen molar-refractivity contribution in [3.8, 4) is 17.1 Å². The van der Waals surface area contributed by atoms with Gasteiger partial charge in [0.25, 0.3) is 5.56 Å². The Morgan fingerprint density at radius 2 is 1.72 bits per heavy atom. The van der Waals surface area contributed by atoms with Crippen molar-refractivity contribution in [3.63, 3.8) is 0 Å². The third kappa shape index (κ3) is 3.09. The molecule has 0 unspecified atom stereocenters. The number of aromatic amines is 1. The molecule has 0 atom stereocenters. The molecule has 0 saturated carbocycles. The second-order valence-corrected chi connectivity index (χ2v) is 7.91. The highest BCUT2D eigenvalue weighted by atomic mass is 16.5. The van der Waals surface area contributed by atoms with Gasteiger partial charge in [0.2, 0.25) is 5.78 Å². The molecule has 1 N–H and O–H groups in total. The van der Waals surface area contributed by atoms with E-state index in [9.17, 15) is 9.59 Å². The normalized spacial score (nSPS) is 11.6. The van der Waals surface area contributed by atoms with E-state index in [1.807, 2.05) is 68.4 Å². The van der Waals surface area contributed by atoms with Gasteiger partial charge in [0, 0.05) is 18.7 Å². The van der Waals surface area contributed by atoms with Crippen LogP contribution in [0.25, 0.3) is 28.3 Å². The lowest BCUT2D eigenvalue weighted by atomic mass is 10.1. The minimum atomic E-state index is -0.488. The van der Waals surface area contributed by atoms with Crippen molar-refractivity contribution in [2.45, 2.75) is 26.5 Å². The van der Waals surface area contributed by atoms with Crippen LogP contribution in [0.2, 0.25) is 0 Å². The van der Waals surface area contributed by atoms with Crippen LogP contribution in [-0.2, 0) is 13.7 Å². The minimum absolute atomic E-state index is 0.0526. The molecule has 5 aromatic rings. The summed E-state index contributed by atoms with van der Waals surface area (Å²) in [7, 11) is 1.62. The van der Waals surface area contributed by atoms with Crippen LogP contribution in [0.4, 0.5) is 0 Å². The fraction of sp³-hybridized carbons (Fsp3) is 0.217. The summed E-state index contributed by atoms with van der Waals surface area (Å²) in [6.07, 6.45) is 0. The van der Waals surface area contributed by atoms with E-state index < -0.39 is 11.2 Å². The molecule has 0 aliphatic carbocycles. The Morgan fingerprint density at radius 1 is 1.00 bits per heavy atom. The third-order valence-corrected chi connectivity index (χ3v) is 5.46. The number of para-hydroxylation sites is 1. The molecule has 3 heterocycles. The Labute approximate surface area is 182 Å². The van der Waals surface area contributed by atoms with Crippen molar-refractivity contribution in [2.24, 2.45) is 7.05 Å². The van der Waals surface area contributed by atoms with Gasteiger partial charge in [-0.3, -0.25) is 18.9 Å². The summed E-state index contributed by atoms with van der Waals surface area (Å²) >= 11 is 0. The Kier molecular flexibility index (Phi) is 4.66. The summed E-state index contributed by atoms with van der Waals surface area (Å²) in [5.41, 5.74) is 1.74. The Bertz CT molecular complexity index is 1540. The molecule has 162 valence electrons. The first-order valence-electron chi connectivity index (χ1n) is 10.3. The summed E-state index contributed by atoms with van der Waals surface area (Å²) in [5.74, 6) is 1.87. The number of benzene rings is 2. The lowest BCUT2D eigenvalue weighted by Gasteiger charge is -2.07. The number of nitrogens with zero attached hydrogens (tertiary/aromatic N) is 5. The van der Waals surface area contributed by atoms with E-state index >= 15 is 0 Å². The Balaban J connectivity index is 1.61. The molecule has 5 rings (SSSR count). The fourth-order valence-electron chi connectivity index (χ4n) is 3.91. The van der Waals surface area contributed by atoms with E-state index in [2.05, 4.69) is 15.2 Å².